The fourth-order valence-corrected chi connectivity index (χ4v) is 4.13. The number of anilines is 1. The lowest BCUT2D eigenvalue weighted by atomic mass is 9.77. The molecule has 1 fully saturated rings. The number of rotatable bonds is 3. The Balaban J connectivity index is 1.73. The molecule has 0 aromatic heterocycles. The molecule has 0 spiro atoms. The molecule has 0 bridgehead atoms. The molecule has 20 heavy (non-hydrogen) atoms. The molecule has 2 heteroatoms. The highest BCUT2D eigenvalue weighted by Gasteiger charge is 2.32. The first-order valence-electron chi connectivity index (χ1n) is 8.29. The van der Waals surface area contributed by atoms with Crippen LogP contribution in [0.2, 0.25) is 0 Å². The number of fused-ring (bicyclic) bond motifs is 1. The smallest absolute Gasteiger partial charge is 0.0402 e. The van der Waals surface area contributed by atoms with Crippen LogP contribution in [0.15, 0.2) is 24.3 Å². The molecule has 1 aliphatic heterocycles. The first-order chi connectivity index (χ1) is 9.69. The molecular formula is C18H28N2. The number of benzene rings is 1. The van der Waals surface area contributed by atoms with Crippen molar-refractivity contribution in [3.05, 3.63) is 29.8 Å². The summed E-state index contributed by atoms with van der Waals surface area (Å²) in [6.45, 7) is 5.83. The molecule has 0 saturated heterocycles. The van der Waals surface area contributed by atoms with Gasteiger partial charge in [-0.15, -0.1) is 0 Å². The van der Waals surface area contributed by atoms with Gasteiger partial charge < -0.3 is 10.6 Å². The molecule has 1 heterocycles. The van der Waals surface area contributed by atoms with Gasteiger partial charge in [0.2, 0.25) is 0 Å². The van der Waals surface area contributed by atoms with Gasteiger partial charge in [-0.3, -0.25) is 0 Å². The Bertz CT molecular complexity index is 456. The van der Waals surface area contributed by atoms with Crippen molar-refractivity contribution < 1.29 is 0 Å². The highest BCUT2D eigenvalue weighted by Crippen LogP contribution is 2.36. The lowest BCUT2D eigenvalue weighted by Gasteiger charge is -2.38. The van der Waals surface area contributed by atoms with Gasteiger partial charge in [0, 0.05) is 24.3 Å². The van der Waals surface area contributed by atoms with E-state index in [2.05, 4.69) is 43.0 Å². The average Bonchev–Trinajstić information content (AvgIpc) is 2.77. The van der Waals surface area contributed by atoms with Crippen molar-refractivity contribution in [3.63, 3.8) is 0 Å². The highest BCUT2D eigenvalue weighted by molar-refractivity contribution is 5.59. The van der Waals surface area contributed by atoms with Gasteiger partial charge in [-0.05, 0) is 56.1 Å². The normalized spacial score (nSPS) is 33.2. The zero-order valence-corrected chi connectivity index (χ0v) is 12.9. The molecule has 1 saturated carbocycles. The summed E-state index contributed by atoms with van der Waals surface area (Å²) in [5.41, 5.74) is 9.37. The van der Waals surface area contributed by atoms with Gasteiger partial charge in [0.15, 0.2) is 0 Å². The van der Waals surface area contributed by atoms with Crippen LogP contribution in [0.5, 0.6) is 0 Å². The van der Waals surface area contributed by atoms with Crippen molar-refractivity contribution in [3.8, 4) is 0 Å². The van der Waals surface area contributed by atoms with E-state index in [0.717, 1.165) is 12.5 Å². The van der Waals surface area contributed by atoms with Crippen molar-refractivity contribution in [2.75, 3.05) is 11.4 Å². The van der Waals surface area contributed by atoms with E-state index in [1.807, 2.05) is 0 Å². The Kier molecular flexibility index (Phi) is 4.02. The summed E-state index contributed by atoms with van der Waals surface area (Å²) in [7, 11) is 0. The van der Waals surface area contributed by atoms with Crippen LogP contribution in [0.4, 0.5) is 5.69 Å². The van der Waals surface area contributed by atoms with Crippen LogP contribution in [-0.4, -0.2) is 18.6 Å². The van der Waals surface area contributed by atoms with Crippen LogP contribution in [0, 0.1) is 11.8 Å². The van der Waals surface area contributed by atoms with Gasteiger partial charge >= 0.3 is 0 Å². The van der Waals surface area contributed by atoms with E-state index >= 15 is 0 Å². The molecule has 4 atom stereocenters. The van der Waals surface area contributed by atoms with Crippen LogP contribution < -0.4 is 10.6 Å². The van der Waals surface area contributed by atoms with Gasteiger partial charge in [-0.25, -0.2) is 0 Å². The van der Waals surface area contributed by atoms with Crippen molar-refractivity contribution >= 4 is 5.69 Å². The lowest BCUT2D eigenvalue weighted by molar-refractivity contribution is 0.229. The van der Waals surface area contributed by atoms with Crippen molar-refractivity contribution in [2.24, 2.45) is 17.6 Å². The molecule has 0 amide bonds. The van der Waals surface area contributed by atoms with Gasteiger partial charge in [0.1, 0.15) is 0 Å². The number of hydrogen-bond donors (Lipinski definition) is 1. The summed E-state index contributed by atoms with van der Waals surface area (Å²) in [6, 6.07) is 9.92. The number of hydrogen-bond acceptors (Lipinski definition) is 2. The quantitative estimate of drug-likeness (QED) is 0.911. The van der Waals surface area contributed by atoms with Crippen molar-refractivity contribution in [1.82, 2.24) is 0 Å². The minimum absolute atomic E-state index is 0.401. The van der Waals surface area contributed by atoms with Gasteiger partial charge in [-0.2, -0.15) is 0 Å². The number of nitrogens with zero attached hydrogens (tertiary/aromatic N) is 1. The topological polar surface area (TPSA) is 29.3 Å². The fourth-order valence-electron chi connectivity index (χ4n) is 4.13. The molecule has 110 valence electrons. The van der Waals surface area contributed by atoms with Crippen LogP contribution in [-0.2, 0) is 6.42 Å². The molecule has 3 rings (SSSR count). The van der Waals surface area contributed by atoms with Gasteiger partial charge in [0.25, 0.3) is 0 Å². The fraction of sp³-hybridized carbons (Fsp3) is 0.667. The van der Waals surface area contributed by atoms with Crippen LogP contribution in [0.1, 0.15) is 45.1 Å². The molecule has 0 radical (unpaired) electrons. The molecule has 2 N–H and O–H groups in total. The predicted octanol–water partition coefficient (Wildman–Crippen LogP) is 3.59. The van der Waals surface area contributed by atoms with Crippen molar-refractivity contribution in [2.45, 2.75) is 58.0 Å². The Morgan fingerprint density at radius 2 is 2.05 bits per heavy atom. The molecule has 1 aliphatic carbocycles. The molecule has 2 nitrogen and oxygen atoms in total. The van der Waals surface area contributed by atoms with E-state index in [1.54, 1.807) is 0 Å². The first kappa shape index (κ1) is 13.9. The molecule has 1 aromatic carbocycles. The van der Waals surface area contributed by atoms with E-state index in [-0.39, 0.29) is 0 Å². The highest BCUT2D eigenvalue weighted by atomic mass is 15.2. The SMILES string of the molecule is CCC1CCC(N)C(CN2c3ccccc3CC2C)C1. The molecular weight excluding hydrogens is 244 g/mol. The van der Waals surface area contributed by atoms with E-state index in [4.69, 9.17) is 5.73 Å². The van der Waals surface area contributed by atoms with E-state index in [9.17, 15) is 0 Å². The zero-order chi connectivity index (χ0) is 14.1. The minimum Gasteiger partial charge on any atom is -0.368 e. The summed E-state index contributed by atoms with van der Waals surface area (Å²) >= 11 is 0. The third-order valence-electron chi connectivity index (χ3n) is 5.51. The molecule has 1 aromatic rings. The third-order valence-corrected chi connectivity index (χ3v) is 5.51. The van der Waals surface area contributed by atoms with Crippen LogP contribution in [0.25, 0.3) is 0 Å². The summed E-state index contributed by atoms with van der Waals surface area (Å²) < 4.78 is 0. The number of para-hydroxylation sites is 1. The second-order valence-corrected chi connectivity index (χ2v) is 6.85. The van der Waals surface area contributed by atoms with Gasteiger partial charge in [0.05, 0.1) is 0 Å². The van der Waals surface area contributed by atoms with Gasteiger partial charge in [-0.1, -0.05) is 31.5 Å². The monoisotopic (exact) mass is 272 g/mol. The Morgan fingerprint density at radius 3 is 2.85 bits per heavy atom. The second kappa shape index (κ2) is 5.77. The Labute approximate surface area is 123 Å². The zero-order valence-electron chi connectivity index (χ0n) is 12.9. The van der Waals surface area contributed by atoms with Crippen LogP contribution >= 0.6 is 0 Å². The van der Waals surface area contributed by atoms with Crippen molar-refractivity contribution in [1.29, 1.82) is 0 Å². The molecule has 2 aliphatic rings. The largest absolute Gasteiger partial charge is 0.368 e. The standard InChI is InChI=1S/C18H28N2/c1-3-14-8-9-17(19)16(11-14)12-20-13(2)10-15-6-4-5-7-18(15)20/h4-7,13-14,16-17H,3,8-12,19H2,1-2H3. The van der Waals surface area contributed by atoms with Crippen LogP contribution in [0.3, 0.4) is 0 Å². The summed E-state index contributed by atoms with van der Waals surface area (Å²) in [5, 5.41) is 0. The Morgan fingerprint density at radius 1 is 1.25 bits per heavy atom. The lowest BCUT2D eigenvalue weighted by Crippen LogP contribution is -2.44. The number of nitrogens with two attached hydrogens (primary N) is 1. The Hall–Kier alpha value is -1.02. The van der Waals surface area contributed by atoms with E-state index in [0.29, 0.717) is 18.0 Å². The first-order valence-corrected chi connectivity index (χ1v) is 8.29. The van der Waals surface area contributed by atoms with E-state index < -0.39 is 0 Å². The second-order valence-electron chi connectivity index (χ2n) is 6.85. The van der Waals surface area contributed by atoms with E-state index in [1.165, 1.54) is 43.4 Å². The maximum Gasteiger partial charge on any atom is 0.0402 e. The molecule has 4 unspecified atom stereocenters. The predicted molar refractivity (Wildman–Crippen MR) is 86.1 cm³/mol. The third kappa shape index (κ3) is 2.58. The minimum atomic E-state index is 0.401. The summed E-state index contributed by atoms with van der Waals surface area (Å²) in [6.07, 6.45) is 6.38. The summed E-state index contributed by atoms with van der Waals surface area (Å²) in [5.74, 6) is 1.57. The maximum atomic E-state index is 6.41. The summed E-state index contributed by atoms with van der Waals surface area (Å²) in [4.78, 5) is 2.61. The maximum absolute atomic E-state index is 6.41. The average molecular weight is 272 g/mol.